The van der Waals surface area contributed by atoms with Crippen molar-refractivity contribution >= 4 is 11.9 Å². The number of carbonyl (C=O) groups excluding carboxylic acids is 2. The van der Waals surface area contributed by atoms with Crippen LogP contribution < -0.4 is 5.32 Å². The average Bonchev–Trinajstić information content (AvgIpc) is 3.31. The largest absolute Gasteiger partial charge is 0.462 e. The molecule has 0 rings (SSSR count). The fourth-order valence-electron chi connectivity index (χ4n) is 9.14. The SMILES string of the molecule is CC/C=C/C=C/C=C/CCCCCCCC(CC(=O)NC(CO)C(O)CCCCCCCCCCCCCCCCCC)OC(=O)CCCCCCCCCCCCCCCCCCCC. The van der Waals surface area contributed by atoms with E-state index >= 15 is 0 Å². The fraction of sp³-hybridized carbons (Fsp3) is 0.867. The van der Waals surface area contributed by atoms with E-state index in [1.54, 1.807) is 0 Å². The number of esters is 1. The maximum absolute atomic E-state index is 13.3. The number of hydrogen-bond donors (Lipinski definition) is 3. The van der Waals surface area contributed by atoms with Crippen molar-refractivity contribution in [2.24, 2.45) is 0 Å². The number of aliphatic hydroxyl groups is 2. The first-order valence-corrected chi connectivity index (χ1v) is 29.2. The number of unbranched alkanes of at least 4 members (excludes halogenated alkanes) is 37. The van der Waals surface area contributed by atoms with Gasteiger partial charge in [0.1, 0.15) is 6.10 Å². The summed E-state index contributed by atoms with van der Waals surface area (Å²) in [5, 5.41) is 23.9. The van der Waals surface area contributed by atoms with Crippen LogP contribution in [0.1, 0.15) is 310 Å². The minimum atomic E-state index is -0.792. The summed E-state index contributed by atoms with van der Waals surface area (Å²) in [6.07, 6.45) is 65.0. The lowest BCUT2D eigenvalue weighted by Crippen LogP contribution is -2.46. The Morgan fingerprint density at radius 3 is 1.23 bits per heavy atom. The molecule has 0 aliphatic carbocycles. The third kappa shape index (κ3) is 48.5. The van der Waals surface area contributed by atoms with Crippen molar-refractivity contribution in [3.63, 3.8) is 0 Å². The summed E-state index contributed by atoms with van der Waals surface area (Å²) in [5.74, 6) is -0.477. The van der Waals surface area contributed by atoms with Gasteiger partial charge < -0.3 is 20.3 Å². The minimum Gasteiger partial charge on any atom is -0.462 e. The quantitative estimate of drug-likeness (QED) is 0.0321. The first kappa shape index (κ1) is 64.1. The van der Waals surface area contributed by atoms with Crippen LogP contribution >= 0.6 is 0 Å². The molecule has 3 N–H and O–H groups in total. The van der Waals surface area contributed by atoms with Crippen LogP contribution in [-0.4, -0.2) is 46.9 Å². The van der Waals surface area contributed by atoms with Gasteiger partial charge in [0.2, 0.25) is 5.91 Å². The van der Waals surface area contributed by atoms with Gasteiger partial charge in [-0.1, -0.05) is 288 Å². The van der Waals surface area contributed by atoms with E-state index in [-0.39, 0.29) is 24.9 Å². The molecule has 6 nitrogen and oxygen atoms in total. The number of rotatable bonds is 53. The molecule has 6 heteroatoms. The second-order valence-corrected chi connectivity index (χ2v) is 20.1. The molecule has 0 radical (unpaired) electrons. The normalized spacial score (nSPS) is 13.3. The van der Waals surface area contributed by atoms with Crippen LogP contribution in [0.4, 0.5) is 0 Å². The summed E-state index contributed by atoms with van der Waals surface area (Å²) in [5.41, 5.74) is 0. The number of allylic oxidation sites excluding steroid dienone is 6. The average molecular weight is 929 g/mol. The highest BCUT2D eigenvalue weighted by atomic mass is 16.5. The summed E-state index contributed by atoms with van der Waals surface area (Å²) in [6, 6.07) is -0.706. The summed E-state index contributed by atoms with van der Waals surface area (Å²) in [4.78, 5) is 26.3. The molecule has 1 amide bonds. The van der Waals surface area contributed by atoms with Crippen LogP contribution in [0.3, 0.4) is 0 Å². The van der Waals surface area contributed by atoms with E-state index < -0.39 is 18.2 Å². The van der Waals surface area contributed by atoms with Gasteiger partial charge in [0.05, 0.1) is 25.2 Å². The van der Waals surface area contributed by atoms with Crippen molar-refractivity contribution < 1.29 is 24.5 Å². The van der Waals surface area contributed by atoms with Crippen LogP contribution in [0.2, 0.25) is 0 Å². The molecule has 0 aromatic rings. The number of carbonyl (C=O) groups is 2. The lowest BCUT2D eigenvalue weighted by Gasteiger charge is -2.24. The first-order valence-electron chi connectivity index (χ1n) is 29.2. The van der Waals surface area contributed by atoms with Gasteiger partial charge in [0.15, 0.2) is 0 Å². The van der Waals surface area contributed by atoms with Gasteiger partial charge in [0.25, 0.3) is 0 Å². The number of amides is 1. The molecule has 66 heavy (non-hydrogen) atoms. The van der Waals surface area contributed by atoms with Crippen molar-refractivity contribution in [2.45, 2.75) is 328 Å². The Bertz CT molecular complexity index is 1090. The monoisotopic (exact) mass is 928 g/mol. The zero-order valence-corrected chi connectivity index (χ0v) is 44.3. The summed E-state index contributed by atoms with van der Waals surface area (Å²) >= 11 is 0. The topological polar surface area (TPSA) is 95.9 Å². The predicted octanol–water partition coefficient (Wildman–Crippen LogP) is 18.0. The van der Waals surface area contributed by atoms with Crippen LogP contribution in [0.25, 0.3) is 0 Å². The Morgan fingerprint density at radius 2 is 0.818 bits per heavy atom. The van der Waals surface area contributed by atoms with E-state index in [0.717, 1.165) is 77.0 Å². The molecule has 0 saturated heterocycles. The molecule has 0 aromatic carbocycles. The number of hydrogen-bond acceptors (Lipinski definition) is 5. The summed E-state index contributed by atoms with van der Waals surface area (Å²) < 4.78 is 5.96. The number of ether oxygens (including phenoxy) is 1. The van der Waals surface area contributed by atoms with E-state index in [1.165, 1.54) is 186 Å². The highest BCUT2D eigenvalue weighted by Crippen LogP contribution is 2.19. The van der Waals surface area contributed by atoms with Crippen LogP contribution in [-0.2, 0) is 14.3 Å². The minimum absolute atomic E-state index is 0.0683. The molecule has 0 aliphatic rings. The van der Waals surface area contributed by atoms with E-state index in [9.17, 15) is 19.8 Å². The third-order valence-corrected chi connectivity index (χ3v) is 13.5. The standard InChI is InChI=1S/C60H113NO5/c1-4-7-10-13-16-19-22-25-27-29-30-32-35-38-41-44-47-50-53-60(65)66-56(51-48-45-42-39-36-33-24-21-18-15-12-9-6-3)54-59(64)61-57(55-62)58(63)52-49-46-43-40-37-34-31-28-26-23-20-17-14-11-8-5-2/h9,12,15,18,21,24,56-58,62-63H,4-8,10-11,13-14,16-17,19-20,22-23,25-55H2,1-3H3,(H,61,64)/b12-9+,18-15+,24-21+. The molecule has 3 unspecified atom stereocenters. The van der Waals surface area contributed by atoms with Crippen LogP contribution in [0.5, 0.6) is 0 Å². The van der Waals surface area contributed by atoms with E-state index in [1.807, 2.05) is 0 Å². The molecule has 0 fully saturated rings. The zero-order valence-electron chi connectivity index (χ0n) is 44.3. The first-order chi connectivity index (χ1) is 32.5. The smallest absolute Gasteiger partial charge is 0.306 e. The zero-order chi connectivity index (χ0) is 48.1. The van der Waals surface area contributed by atoms with Crippen molar-refractivity contribution in [2.75, 3.05) is 6.61 Å². The Balaban J connectivity index is 4.48. The molecule has 0 aliphatic heterocycles. The Hall–Kier alpha value is -1.92. The van der Waals surface area contributed by atoms with Crippen LogP contribution in [0, 0.1) is 0 Å². The van der Waals surface area contributed by atoms with Gasteiger partial charge in [-0.3, -0.25) is 9.59 Å². The summed E-state index contributed by atoms with van der Waals surface area (Å²) in [7, 11) is 0. The van der Waals surface area contributed by atoms with Gasteiger partial charge in [0, 0.05) is 6.42 Å². The second kappa shape index (κ2) is 54.0. The van der Waals surface area contributed by atoms with Crippen molar-refractivity contribution in [3.8, 4) is 0 Å². The molecular formula is C60H113NO5. The number of nitrogens with one attached hydrogen (secondary N) is 1. The maximum atomic E-state index is 13.3. The number of aliphatic hydroxyl groups excluding tert-OH is 2. The predicted molar refractivity (Wildman–Crippen MR) is 287 cm³/mol. The van der Waals surface area contributed by atoms with E-state index in [2.05, 4.69) is 62.5 Å². The van der Waals surface area contributed by atoms with Crippen molar-refractivity contribution in [3.05, 3.63) is 36.5 Å². The van der Waals surface area contributed by atoms with Crippen LogP contribution in [0.15, 0.2) is 36.5 Å². The van der Waals surface area contributed by atoms with Gasteiger partial charge in [-0.05, 0) is 44.9 Å². The van der Waals surface area contributed by atoms with E-state index in [0.29, 0.717) is 19.3 Å². The fourth-order valence-corrected chi connectivity index (χ4v) is 9.14. The van der Waals surface area contributed by atoms with Gasteiger partial charge in [-0.25, -0.2) is 0 Å². The Morgan fingerprint density at radius 1 is 0.455 bits per heavy atom. The Kier molecular flexibility index (Phi) is 52.5. The summed E-state index contributed by atoms with van der Waals surface area (Å²) in [6.45, 7) is 6.39. The van der Waals surface area contributed by atoms with Crippen molar-refractivity contribution in [1.29, 1.82) is 0 Å². The highest BCUT2D eigenvalue weighted by Gasteiger charge is 2.24. The molecule has 0 saturated carbocycles. The van der Waals surface area contributed by atoms with Crippen molar-refractivity contribution in [1.82, 2.24) is 5.32 Å². The molecule has 0 aromatic heterocycles. The van der Waals surface area contributed by atoms with Gasteiger partial charge >= 0.3 is 5.97 Å². The lowest BCUT2D eigenvalue weighted by molar-refractivity contribution is -0.151. The third-order valence-electron chi connectivity index (χ3n) is 13.5. The van der Waals surface area contributed by atoms with Gasteiger partial charge in [-0.15, -0.1) is 0 Å². The molecule has 3 atom stereocenters. The highest BCUT2D eigenvalue weighted by molar-refractivity contribution is 5.77. The van der Waals surface area contributed by atoms with E-state index in [4.69, 9.17) is 4.74 Å². The lowest BCUT2D eigenvalue weighted by atomic mass is 10.0. The maximum Gasteiger partial charge on any atom is 0.306 e. The Labute approximate surface area is 411 Å². The van der Waals surface area contributed by atoms with Gasteiger partial charge in [-0.2, -0.15) is 0 Å². The molecule has 388 valence electrons. The molecule has 0 heterocycles. The second-order valence-electron chi connectivity index (χ2n) is 20.1. The molecule has 0 bridgehead atoms. The molecule has 0 spiro atoms. The molecular weight excluding hydrogens is 815 g/mol.